The minimum Gasteiger partial charge on any atom is -0.423 e. The van der Waals surface area contributed by atoms with Crippen molar-refractivity contribution in [3.8, 4) is 5.75 Å². The molecular formula is C17H21N7O3. The van der Waals surface area contributed by atoms with E-state index in [1.54, 1.807) is 50.5 Å². The largest absolute Gasteiger partial charge is 0.423 e. The van der Waals surface area contributed by atoms with Gasteiger partial charge >= 0.3 is 5.97 Å². The van der Waals surface area contributed by atoms with Crippen LogP contribution in [0, 0.1) is 0 Å². The number of nitrogens with two attached hydrogens (primary N) is 1. The first-order valence-corrected chi connectivity index (χ1v) is 8.10. The fourth-order valence-electron chi connectivity index (χ4n) is 2.01. The zero-order chi connectivity index (χ0) is 19.6. The molecule has 0 aliphatic carbocycles. The van der Waals surface area contributed by atoms with E-state index < -0.39 is 5.97 Å². The lowest BCUT2D eigenvalue weighted by atomic mass is 10.3. The molecule has 2 rings (SSSR count). The summed E-state index contributed by atoms with van der Waals surface area (Å²) >= 11 is 0. The molecule has 0 saturated heterocycles. The van der Waals surface area contributed by atoms with E-state index in [-0.39, 0.29) is 30.6 Å². The summed E-state index contributed by atoms with van der Waals surface area (Å²) in [7, 11) is 3.31. The maximum Gasteiger partial charge on any atom is 0.325 e. The number of aromatic nitrogens is 1. The van der Waals surface area contributed by atoms with Crippen LogP contribution in [-0.2, 0) is 9.59 Å². The highest BCUT2D eigenvalue weighted by Gasteiger charge is 2.09. The van der Waals surface area contributed by atoms with Crippen molar-refractivity contribution in [2.45, 2.75) is 0 Å². The second kappa shape index (κ2) is 9.94. The molecular weight excluding hydrogens is 350 g/mol. The maximum absolute atomic E-state index is 11.6. The van der Waals surface area contributed by atoms with Crippen LogP contribution >= 0.6 is 0 Å². The average Bonchev–Trinajstić information content (AvgIpc) is 2.62. The van der Waals surface area contributed by atoms with Crippen LogP contribution in [0.4, 0.5) is 23.0 Å². The lowest BCUT2D eigenvalue weighted by Crippen LogP contribution is -2.25. The third kappa shape index (κ3) is 6.13. The molecule has 27 heavy (non-hydrogen) atoms. The van der Waals surface area contributed by atoms with Gasteiger partial charge in [-0.25, -0.2) is 4.98 Å². The monoisotopic (exact) mass is 371 g/mol. The molecule has 1 amide bonds. The number of nitrogens with zero attached hydrogens (tertiary/aromatic N) is 3. The Bertz CT molecular complexity index is 839. The Morgan fingerprint density at radius 3 is 2.44 bits per heavy atom. The molecule has 2 aromatic rings. The van der Waals surface area contributed by atoms with Gasteiger partial charge < -0.3 is 26.4 Å². The summed E-state index contributed by atoms with van der Waals surface area (Å²) in [4.78, 5) is 27.3. The van der Waals surface area contributed by atoms with Gasteiger partial charge in [0, 0.05) is 0 Å². The molecule has 0 aliphatic heterocycles. The van der Waals surface area contributed by atoms with Gasteiger partial charge in [0.2, 0.25) is 5.91 Å². The Labute approximate surface area is 156 Å². The van der Waals surface area contributed by atoms with Crippen molar-refractivity contribution in [1.82, 2.24) is 15.6 Å². The number of esters is 1. The maximum atomic E-state index is 11.6. The Kier molecular flexibility index (Phi) is 7.35. The molecule has 10 nitrogen and oxygen atoms in total. The molecule has 0 spiro atoms. The van der Waals surface area contributed by atoms with Gasteiger partial charge in [0.25, 0.3) is 0 Å². The molecule has 0 radical (unpaired) electrons. The molecule has 0 fully saturated rings. The van der Waals surface area contributed by atoms with E-state index in [9.17, 15) is 9.59 Å². The highest BCUT2D eigenvalue weighted by atomic mass is 16.5. The Hall–Kier alpha value is -3.37. The van der Waals surface area contributed by atoms with Gasteiger partial charge in [-0.1, -0.05) is 12.1 Å². The summed E-state index contributed by atoms with van der Waals surface area (Å²) in [6, 6.07) is 9.88. The number of amides is 1. The molecule has 142 valence electrons. The van der Waals surface area contributed by atoms with E-state index in [2.05, 4.69) is 31.2 Å². The number of pyridine rings is 1. The summed E-state index contributed by atoms with van der Waals surface area (Å²) in [6.45, 7) is 0.231. The highest BCUT2D eigenvalue weighted by Crippen LogP contribution is 2.30. The summed E-state index contributed by atoms with van der Waals surface area (Å²) in [5, 5.41) is 16.2. The van der Waals surface area contributed by atoms with Gasteiger partial charge in [-0.15, -0.1) is 10.2 Å². The third-order valence-electron chi connectivity index (χ3n) is 3.18. The topological polar surface area (TPSA) is 143 Å². The van der Waals surface area contributed by atoms with Crippen LogP contribution in [0.25, 0.3) is 0 Å². The summed E-state index contributed by atoms with van der Waals surface area (Å²) in [5.41, 5.74) is 6.55. The van der Waals surface area contributed by atoms with Crippen molar-refractivity contribution in [2.75, 3.05) is 38.2 Å². The van der Waals surface area contributed by atoms with Gasteiger partial charge in [0.05, 0.1) is 13.1 Å². The van der Waals surface area contributed by atoms with Crippen molar-refractivity contribution < 1.29 is 14.3 Å². The van der Waals surface area contributed by atoms with Gasteiger partial charge in [-0.2, -0.15) is 0 Å². The lowest BCUT2D eigenvalue weighted by Gasteiger charge is -2.07. The first kappa shape index (κ1) is 19.9. The van der Waals surface area contributed by atoms with E-state index in [0.29, 0.717) is 17.2 Å². The zero-order valence-corrected chi connectivity index (χ0v) is 15.0. The third-order valence-corrected chi connectivity index (χ3v) is 3.18. The Morgan fingerprint density at radius 2 is 1.74 bits per heavy atom. The minimum absolute atomic E-state index is 0.0725. The molecule has 0 saturated carbocycles. The lowest BCUT2D eigenvalue weighted by molar-refractivity contribution is -0.133. The van der Waals surface area contributed by atoms with Gasteiger partial charge in [0.1, 0.15) is 17.2 Å². The number of hydrogen-bond acceptors (Lipinski definition) is 9. The number of ether oxygens (including phenoxy) is 1. The first-order chi connectivity index (χ1) is 13.0. The van der Waals surface area contributed by atoms with Crippen LogP contribution in [0.2, 0.25) is 0 Å². The highest BCUT2D eigenvalue weighted by molar-refractivity contribution is 5.91. The van der Waals surface area contributed by atoms with Gasteiger partial charge in [-0.3, -0.25) is 9.59 Å². The summed E-state index contributed by atoms with van der Waals surface area (Å²) < 4.78 is 5.23. The van der Waals surface area contributed by atoms with Crippen molar-refractivity contribution >= 4 is 34.9 Å². The first-order valence-electron chi connectivity index (χ1n) is 8.10. The van der Waals surface area contributed by atoms with Crippen LogP contribution in [0.5, 0.6) is 5.75 Å². The molecule has 5 N–H and O–H groups in total. The number of rotatable bonds is 8. The number of likely N-dealkylation sites (N-methyl/N-ethyl adjacent to an activating group) is 2. The second-order valence-corrected chi connectivity index (χ2v) is 5.35. The van der Waals surface area contributed by atoms with Crippen molar-refractivity contribution in [3.05, 3.63) is 36.4 Å². The van der Waals surface area contributed by atoms with Crippen LogP contribution in [0.15, 0.2) is 46.6 Å². The van der Waals surface area contributed by atoms with Crippen molar-refractivity contribution in [2.24, 2.45) is 10.2 Å². The Balaban J connectivity index is 2.14. The molecule has 0 atom stereocenters. The SMILES string of the molecule is CNCC(=O)Nc1ccc(/N=N/c2ccccc2OC(=O)CNC)c(N)n1. The number of anilines is 2. The van der Waals surface area contributed by atoms with Crippen molar-refractivity contribution in [1.29, 1.82) is 0 Å². The second-order valence-electron chi connectivity index (χ2n) is 5.35. The molecule has 1 aromatic heterocycles. The standard InChI is InChI=1S/C17H21N7O3/c1-19-9-15(25)21-14-8-7-12(17(18)22-14)24-23-11-5-3-4-6-13(11)27-16(26)10-20-2/h3-8,19-20H,9-10H2,1-2H3,(H3,18,21,22,25)/b24-23+. The number of nitrogen functional groups attached to an aromatic ring is 1. The molecule has 10 heteroatoms. The minimum atomic E-state index is -0.442. The van der Waals surface area contributed by atoms with E-state index in [1.165, 1.54) is 0 Å². The number of para-hydroxylation sites is 1. The number of benzene rings is 1. The number of nitrogens with one attached hydrogen (secondary N) is 3. The summed E-state index contributed by atoms with van der Waals surface area (Å²) in [5.74, 6) is 0.0156. The van der Waals surface area contributed by atoms with Crippen molar-refractivity contribution in [3.63, 3.8) is 0 Å². The van der Waals surface area contributed by atoms with Crippen LogP contribution in [0.3, 0.4) is 0 Å². The molecule has 1 heterocycles. The molecule has 0 unspecified atom stereocenters. The van der Waals surface area contributed by atoms with Gasteiger partial charge in [0.15, 0.2) is 11.6 Å². The molecule has 0 aliphatic rings. The Morgan fingerprint density at radius 1 is 1.04 bits per heavy atom. The quantitative estimate of drug-likeness (QED) is 0.312. The molecule has 0 bridgehead atoms. The van der Waals surface area contributed by atoms with E-state index >= 15 is 0 Å². The van der Waals surface area contributed by atoms with E-state index in [4.69, 9.17) is 10.5 Å². The fourth-order valence-corrected chi connectivity index (χ4v) is 2.01. The van der Waals surface area contributed by atoms with Crippen LogP contribution in [-0.4, -0.2) is 44.0 Å². The smallest absolute Gasteiger partial charge is 0.325 e. The predicted octanol–water partition coefficient (Wildman–Crippen LogP) is 1.36. The number of hydrogen-bond donors (Lipinski definition) is 4. The normalized spacial score (nSPS) is 10.7. The van der Waals surface area contributed by atoms with Gasteiger partial charge in [-0.05, 0) is 38.4 Å². The summed E-state index contributed by atoms with van der Waals surface area (Å²) in [6.07, 6.45) is 0. The average molecular weight is 371 g/mol. The van der Waals surface area contributed by atoms with E-state index in [0.717, 1.165) is 0 Å². The number of azo groups is 1. The van der Waals surface area contributed by atoms with Crippen LogP contribution < -0.4 is 26.4 Å². The molecule has 1 aromatic carbocycles. The zero-order valence-electron chi connectivity index (χ0n) is 15.0. The van der Waals surface area contributed by atoms with Crippen LogP contribution in [0.1, 0.15) is 0 Å². The number of carbonyl (C=O) groups is 2. The number of carbonyl (C=O) groups excluding carboxylic acids is 2. The predicted molar refractivity (Wildman–Crippen MR) is 101 cm³/mol. The van der Waals surface area contributed by atoms with E-state index in [1.807, 2.05) is 0 Å². The fraction of sp³-hybridized carbons (Fsp3) is 0.235.